The molecule has 4 heterocycles. The molecule has 1 aliphatic rings. The molecule has 32 heavy (non-hydrogen) atoms. The fraction of sp³-hybridized carbons (Fsp3) is 0.350. The van der Waals surface area contributed by atoms with Gasteiger partial charge in [0, 0.05) is 44.3 Å². The molecule has 0 aromatic carbocycles. The second-order valence-corrected chi connectivity index (χ2v) is 7.10. The Morgan fingerprint density at radius 3 is 2.59 bits per heavy atom. The zero-order valence-electron chi connectivity index (χ0n) is 17.2. The summed E-state index contributed by atoms with van der Waals surface area (Å²) in [5.74, 6) is 1.45. The highest BCUT2D eigenvalue weighted by Gasteiger charge is 2.26. The number of aryl methyl sites for hydroxylation is 1. The Hall–Kier alpha value is -3.54. The summed E-state index contributed by atoms with van der Waals surface area (Å²) in [5, 5.41) is 0. The first-order chi connectivity index (χ1) is 15.3. The molecule has 0 aliphatic carbocycles. The van der Waals surface area contributed by atoms with Crippen molar-refractivity contribution in [1.29, 1.82) is 0 Å². The molecule has 0 radical (unpaired) electrons. The molecule has 4 rings (SSSR count). The molecule has 0 unspecified atom stereocenters. The highest BCUT2D eigenvalue weighted by molar-refractivity contribution is 5.89. The van der Waals surface area contributed by atoms with Crippen LogP contribution in [0.25, 0.3) is 28.2 Å². The Bertz CT molecular complexity index is 1150. The van der Waals surface area contributed by atoms with E-state index in [0.29, 0.717) is 49.1 Å². The highest BCUT2D eigenvalue weighted by atomic mass is 19.4. The molecule has 9 nitrogen and oxygen atoms in total. The standard InChI is InChI=1S/C20H21F3N8O/c1-30-17(13-2-5-25-6-3-13)27-15-18(30)28-16(14(24)4-7-26-12-20(21,22)23)29-19(15)31-8-10-32-11-9-31/h2-7H,8-12,24H2,1H3/b14-4-,26-7?. The van der Waals surface area contributed by atoms with Crippen molar-refractivity contribution in [1.82, 2.24) is 24.5 Å². The summed E-state index contributed by atoms with van der Waals surface area (Å²) in [4.78, 5) is 23.3. The van der Waals surface area contributed by atoms with E-state index < -0.39 is 12.7 Å². The molecule has 1 aliphatic heterocycles. The Kier molecular flexibility index (Phi) is 6.04. The molecule has 1 fully saturated rings. The van der Waals surface area contributed by atoms with Crippen LogP contribution in [0.2, 0.25) is 0 Å². The average Bonchev–Trinajstić information content (AvgIpc) is 3.13. The largest absolute Gasteiger partial charge is 0.407 e. The van der Waals surface area contributed by atoms with Gasteiger partial charge in [-0.05, 0) is 18.2 Å². The SMILES string of the molecule is Cn1c(-c2ccncc2)nc2c(N3CCOCC3)nc(/C(N)=C/C=NCC(F)(F)F)nc21. The number of ether oxygens (including phenoxy) is 1. The van der Waals surface area contributed by atoms with E-state index in [-0.39, 0.29) is 11.5 Å². The van der Waals surface area contributed by atoms with Crippen molar-refractivity contribution in [3.63, 3.8) is 0 Å². The van der Waals surface area contributed by atoms with Crippen LogP contribution in [0, 0.1) is 0 Å². The van der Waals surface area contributed by atoms with Crippen molar-refractivity contribution < 1.29 is 17.9 Å². The van der Waals surface area contributed by atoms with Crippen LogP contribution in [0.1, 0.15) is 5.82 Å². The van der Waals surface area contributed by atoms with Crippen LogP contribution in [0.5, 0.6) is 0 Å². The molecule has 1 saturated heterocycles. The maximum atomic E-state index is 12.3. The van der Waals surface area contributed by atoms with Gasteiger partial charge >= 0.3 is 6.18 Å². The van der Waals surface area contributed by atoms with Crippen LogP contribution in [0.4, 0.5) is 19.0 Å². The van der Waals surface area contributed by atoms with Crippen molar-refractivity contribution in [2.24, 2.45) is 17.8 Å². The van der Waals surface area contributed by atoms with E-state index in [1.54, 1.807) is 12.4 Å². The van der Waals surface area contributed by atoms with Crippen LogP contribution in [-0.2, 0) is 11.8 Å². The number of hydrogen-bond acceptors (Lipinski definition) is 8. The van der Waals surface area contributed by atoms with Crippen molar-refractivity contribution in [3.05, 3.63) is 36.4 Å². The molecule has 2 N–H and O–H groups in total. The van der Waals surface area contributed by atoms with Gasteiger partial charge in [-0.3, -0.25) is 9.98 Å². The molecule has 0 bridgehead atoms. The predicted octanol–water partition coefficient (Wildman–Crippen LogP) is 2.19. The number of nitrogens with two attached hydrogens (primary N) is 1. The zero-order valence-corrected chi connectivity index (χ0v) is 17.2. The quantitative estimate of drug-likeness (QED) is 0.599. The number of nitrogens with zero attached hydrogens (tertiary/aromatic N) is 7. The minimum atomic E-state index is -4.38. The third-order valence-corrected chi connectivity index (χ3v) is 4.84. The summed E-state index contributed by atoms with van der Waals surface area (Å²) in [6.45, 7) is 1.03. The van der Waals surface area contributed by atoms with E-state index in [1.807, 2.05) is 28.6 Å². The van der Waals surface area contributed by atoms with E-state index in [4.69, 9.17) is 15.5 Å². The van der Waals surface area contributed by atoms with Gasteiger partial charge in [0.25, 0.3) is 0 Å². The molecule has 3 aromatic heterocycles. The maximum Gasteiger partial charge on any atom is 0.407 e. The lowest BCUT2D eigenvalue weighted by molar-refractivity contribution is -0.118. The molecular weight excluding hydrogens is 425 g/mol. The Labute approximate surface area is 181 Å². The average molecular weight is 446 g/mol. The van der Waals surface area contributed by atoms with Crippen molar-refractivity contribution in [3.8, 4) is 11.4 Å². The van der Waals surface area contributed by atoms with Gasteiger partial charge in [0.2, 0.25) is 0 Å². The maximum absolute atomic E-state index is 12.3. The van der Waals surface area contributed by atoms with Crippen molar-refractivity contribution in [2.45, 2.75) is 6.18 Å². The van der Waals surface area contributed by atoms with Gasteiger partial charge < -0.3 is 19.9 Å². The Balaban J connectivity index is 1.79. The Morgan fingerprint density at radius 1 is 1.19 bits per heavy atom. The van der Waals surface area contributed by atoms with Gasteiger partial charge in [-0.15, -0.1) is 0 Å². The van der Waals surface area contributed by atoms with E-state index >= 15 is 0 Å². The number of fused-ring (bicyclic) bond motifs is 1. The zero-order chi connectivity index (χ0) is 22.7. The fourth-order valence-corrected chi connectivity index (χ4v) is 3.29. The van der Waals surface area contributed by atoms with Crippen LogP contribution in [-0.4, -0.2) is 69.7 Å². The summed E-state index contributed by atoms with van der Waals surface area (Å²) in [6, 6.07) is 3.69. The summed E-state index contributed by atoms with van der Waals surface area (Å²) in [5.41, 5.74) is 8.19. The first kappa shape index (κ1) is 21.7. The van der Waals surface area contributed by atoms with Crippen LogP contribution in [0.15, 0.2) is 35.6 Å². The number of aliphatic imine (C=N–C) groups is 1. The van der Waals surface area contributed by atoms with E-state index in [9.17, 15) is 13.2 Å². The van der Waals surface area contributed by atoms with E-state index in [0.717, 1.165) is 11.8 Å². The number of alkyl halides is 3. The lowest BCUT2D eigenvalue weighted by Crippen LogP contribution is -2.37. The van der Waals surface area contributed by atoms with E-state index in [2.05, 4.69) is 19.9 Å². The van der Waals surface area contributed by atoms with Crippen LogP contribution in [0.3, 0.4) is 0 Å². The summed E-state index contributed by atoms with van der Waals surface area (Å²) in [7, 11) is 1.83. The number of morpholine rings is 1. The van der Waals surface area contributed by atoms with E-state index in [1.165, 1.54) is 6.08 Å². The molecule has 0 amide bonds. The summed E-state index contributed by atoms with van der Waals surface area (Å²) < 4.78 is 44.2. The molecule has 12 heteroatoms. The topological polar surface area (TPSA) is 107 Å². The van der Waals surface area contributed by atoms with Crippen molar-refractivity contribution in [2.75, 3.05) is 37.7 Å². The van der Waals surface area contributed by atoms with Gasteiger partial charge in [0.1, 0.15) is 12.4 Å². The molecule has 3 aromatic rings. The second kappa shape index (κ2) is 8.91. The number of aromatic nitrogens is 5. The smallest absolute Gasteiger partial charge is 0.396 e. The number of hydrogen-bond donors (Lipinski definition) is 1. The molecule has 0 atom stereocenters. The monoisotopic (exact) mass is 446 g/mol. The molecule has 168 valence electrons. The van der Waals surface area contributed by atoms with Crippen LogP contribution >= 0.6 is 0 Å². The minimum Gasteiger partial charge on any atom is -0.396 e. The lowest BCUT2D eigenvalue weighted by Gasteiger charge is -2.28. The van der Waals surface area contributed by atoms with Gasteiger partial charge in [0.15, 0.2) is 22.8 Å². The number of allylic oxidation sites excluding steroid dienone is 1. The van der Waals surface area contributed by atoms with Crippen molar-refractivity contribution >= 4 is 28.9 Å². The number of pyridine rings is 1. The Morgan fingerprint density at radius 2 is 1.91 bits per heavy atom. The lowest BCUT2D eigenvalue weighted by atomic mass is 10.2. The molecule has 0 saturated carbocycles. The first-order valence-electron chi connectivity index (χ1n) is 9.84. The third kappa shape index (κ3) is 4.69. The predicted molar refractivity (Wildman–Crippen MR) is 114 cm³/mol. The van der Waals surface area contributed by atoms with Crippen LogP contribution < -0.4 is 10.6 Å². The van der Waals surface area contributed by atoms with Gasteiger partial charge in [-0.2, -0.15) is 13.2 Å². The second-order valence-electron chi connectivity index (χ2n) is 7.10. The van der Waals surface area contributed by atoms with Gasteiger partial charge in [-0.1, -0.05) is 0 Å². The normalized spacial score (nSPS) is 15.8. The summed E-state index contributed by atoms with van der Waals surface area (Å²) >= 11 is 0. The summed E-state index contributed by atoms with van der Waals surface area (Å²) in [6.07, 6.45) is 1.24. The number of rotatable bonds is 5. The molecular formula is C20H21F3N8O. The molecule has 0 spiro atoms. The first-order valence-corrected chi connectivity index (χ1v) is 9.84. The highest BCUT2D eigenvalue weighted by Crippen LogP contribution is 2.29. The fourth-order valence-electron chi connectivity index (χ4n) is 3.29. The van der Waals surface area contributed by atoms with Gasteiger partial charge in [-0.25, -0.2) is 15.0 Å². The number of anilines is 1. The van der Waals surface area contributed by atoms with Gasteiger partial charge in [0.05, 0.1) is 18.9 Å². The third-order valence-electron chi connectivity index (χ3n) is 4.84. The minimum absolute atomic E-state index is 0.0963. The number of imidazole rings is 1. The number of halogens is 3.